The van der Waals surface area contributed by atoms with Crippen molar-refractivity contribution in [3.63, 3.8) is 0 Å². The zero-order valence-corrected chi connectivity index (χ0v) is 29.1. The molecule has 1 aromatic heterocycles. The van der Waals surface area contributed by atoms with Crippen LogP contribution < -0.4 is 26.0 Å². The van der Waals surface area contributed by atoms with Gasteiger partial charge in [-0.05, 0) is 73.2 Å². The lowest BCUT2D eigenvalue weighted by molar-refractivity contribution is -0.154. The molecular formula is C36H35ClF3N7O6. The van der Waals surface area contributed by atoms with Gasteiger partial charge in [-0.15, -0.1) is 0 Å². The number of halogens is 4. The van der Waals surface area contributed by atoms with Gasteiger partial charge in [0.05, 0.1) is 12.6 Å². The lowest BCUT2D eigenvalue weighted by Gasteiger charge is -2.19. The molecule has 5 rings (SSSR count). The van der Waals surface area contributed by atoms with Crippen LogP contribution in [0.1, 0.15) is 47.2 Å². The van der Waals surface area contributed by atoms with Crippen LogP contribution in [0.25, 0.3) is 0 Å². The molecule has 17 heteroatoms. The fourth-order valence-electron chi connectivity index (χ4n) is 5.18. The van der Waals surface area contributed by atoms with Crippen molar-refractivity contribution in [2.24, 2.45) is 0 Å². The van der Waals surface area contributed by atoms with Gasteiger partial charge in [0, 0.05) is 29.2 Å². The van der Waals surface area contributed by atoms with Crippen LogP contribution in [-0.2, 0) is 31.1 Å². The summed E-state index contributed by atoms with van der Waals surface area (Å²) in [6.45, 7) is -1.70. The van der Waals surface area contributed by atoms with Crippen molar-refractivity contribution in [1.82, 2.24) is 25.6 Å². The van der Waals surface area contributed by atoms with Gasteiger partial charge in [-0.25, -0.2) is 4.79 Å². The number of nitrogens with one attached hydrogen (secondary N) is 4. The maximum atomic E-state index is 13.0. The number of hydrogen-bond acceptors (Lipinski definition) is 11. The number of benzene rings is 3. The van der Waals surface area contributed by atoms with Gasteiger partial charge < -0.3 is 30.7 Å². The van der Waals surface area contributed by atoms with Crippen molar-refractivity contribution in [1.29, 1.82) is 0 Å². The van der Waals surface area contributed by atoms with E-state index >= 15 is 0 Å². The Morgan fingerprint density at radius 2 is 1.58 bits per heavy atom. The molecule has 1 heterocycles. The van der Waals surface area contributed by atoms with Crippen molar-refractivity contribution < 1.29 is 41.8 Å². The summed E-state index contributed by atoms with van der Waals surface area (Å²) >= 11 is 6.03. The Morgan fingerprint density at radius 1 is 0.906 bits per heavy atom. The minimum Gasteiger partial charge on any atom is -0.467 e. The third-order valence-electron chi connectivity index (χ3n) is 8.13. The van der Waals surface area contributed by atoms with Crippen molar-refractivity contribution in [2.75, 3.05) is 30.9 Å². The maximum Gasteiger partial charge on any atom is 0.422 e. The predicted octanol–water partition coefficient (Wildman–Crippen LogP) is 5.29. The highest BCUT2D eigenvalue weighted by Crippen LogP contribution is 2.48. The molecular weight excluding hydrogens is 719 g/mol. The summed E-state index contributed by atoms with van der Waals surface area (Å²) in [4.78, 5) is 62.4. The van der Waals surface area contributed by atoms with Gasteiger partial charge >= 0.3 is 18.2 Å². The third-order valence-corrected chi connectivity index (χ3v) is 8.38. The summed E-state index contributed by atoms with van der Waals surface area (Å²) in [6, 6.07) is 20.5. The molecule has 0 spiro atoms. The van der Waals surface area contributed by atoms with Gasteiger partial charge in [-0.1, -0.05) is 54.1 Å². The number of aryl methyl sites for hydroxylation is 1. The number of ether oxygens (including phenoxy) is 2. The fourth-order valence-corrected chi connectivity index (χ4v) is 5.31. The number of Topliss-reactive ketones (excluding diaryl/α,β-unsaturated/α-hetero) is 1. The second-order valence-electron chi connectivity index (χ2n) is 12.1. The number of nitrogens with zero attached hydrogens (tertiary/aromatic N) is 3. The molecule has 13 nitrogen and oxygen atoms in total. The quantitative estimate of drug-likeness (QED) is 0.0815. The molecule has 0 bridgehead atoms. The molecule has 1 aliphatic carbocycles. The first-order chi connectivity index (χ1) is 25.3. The number of carbonyl (C=O) groups excluding carboxylic acids is 4. The minimum atomic E-state index is -4.63. The number of ketones is 1. The normalized spacial score (nSPS) is 13.6. The summed E-state index contributed by atoms with van der Waals surface area (Å²) in [5.41, 5.74) is 1.78. The molecule has 0 unspecified atom stereocenters. The molecule has 53 heavy (non-hydrogen) atoms. The summed E-state index contributed by atoms with van der Waals surface area (Å²) in [6.07, 6.45) is -2.84. The highest BCUT2D eigenvalue weighted by atomic mass is 35.5. The number of amides is 2. The van der Waals surface area contributed by atoms with Crippen LogP contribution in [0, 0.1) is 0 Å². The van der Waals surface area contributed by atoms with Crippen molar-refractivity contribution in [2.45, 2.75) is 49.9 Å². The summed E-state index contributed by atoms with van der Waals surface area (Å²) in [5.74, 6) is -2.95. The van der Waals surface area contributed by atoms with E-state index in [0.29, 0.717) is 30.0 Å². The van der Waals surface area contributed by atoms with Gasteiger partial charge in [-0.2, -0.15) is 28.1 Å². The van der Waals surface area contributed by atoms with Crippen LogP contribution in [0.15, 0.2) is 78.9 Å². The molecule has 4 N–H and O–H groups in total. The van der Waals surface area contributed by atoms with Crippen molar-refractivity contribution in [3.8, 4) is 6.01 Å². The van der Waals surface area contributed by atoms with Crippen LogP contribution in [0.3, 0.4) is 0 Å². The molecule has 3 aromatic carbocycles. The zero-order valence-electron chi connectivity index (χ0n) is 28.3. The molecule has 1 aliphatic rings. The number of alkyl halides is 3. The van der Waals surface area contributed by atoms with Crippen LogP contribution in [0.2, 0.25) is 5.02 Å². The average molecular weight is 754 g/mol. The Bertz CT molecular complexity index is 1910. The third kappa shape index (κ3) is 11.4. The van der Waals surface area contributed by atoms with E-state index in [1.54, 1.807) is 12.1 Å². The standard InChI is InChI=1S/C36H35ClF3N7O6/c1-52-31(51)27(17-20-41-30(50)28(48)16-7-22-5-3-2-4-6-22)43-29(49)23-8-14-26(15-9-23)42-32-44-33(46-34(45-32)53-21-36(38,39)40)47-35(18-19-35)24-10-12-25(37)13-11-24/h2-6,8-15,27H,7,16-21H2,1H3,(H,41,50)(H,43,49)(H2,42,44,45,46,47)/t27-/m0/s1. The van der Waals surface area contributed by atoms with Gasteiger partial charge in [-0.3, -0.25) is 14.4 Å². The fraction of sp³-hybridized carbons (Fsp3) is 0.306. The predicted molar refractivity (Wildman–Crippen MR) is 188 cm³/mol. The highest BCUT2D eigenvalue weighted by Gasteiger charge is 2.45. The first-order valence-corrected chi connectivity index (χ1v) is 16.8. The first kappa shape index (κ1) is 38.5. The monoisotopic (exact) mass is 753 g/mol. The van der Waals surface area contributed by atoms with E-state index in [9.17, 15) is 32.3 Å². The molecule has 1 saturated carbocycles. The number of methoxy groups -OCH3 is 1. The summed E-state index contributed by atoms with van der Waals surface area (Å²) in [7, 11) is 1.15. The van der Waals surface area contributed by atoms with Crippen molar-refractivity contribution in [3.05, 3.63) is 101 Å². The van der Waals surface area contributed by atoms with E-state index in [0.717, 1.165) is 18.2 Å². The number of rotatable bonds is 17. The van der Waals surface area contributed by atoms with Gasteiger partial charge in [0.15, 0.2) is 6.61 Å². The number of aromatic nitrogens is 3. The van der Waals surface area contributed by atoms with Crippen molar-refractivity contribution >= 4 is 52.8 Å². The average Bonchev–Trinajstić information content (AvgIpc) is 3.92. The van der Waals surface area contributed by atoms with Crippen LogP contribution >= 0.6 is 11.6 Å². The Kier molecular flexibility index (Phi) is 12.5. The molecule has 278 valence electrons. The van der Waals surface area contributed by atoms with Gasteiger partial charge in [0.2, 0.25) is 17.7 Å². The molecule has 0 radical (unpaired) electrons. The lowest BCUT2D eigenvalue weighted by Crippen LogP contribution is -2.44. The summed E-state index contributed by atoms with van der Waals surface area (Å²) in [5, 5.41) is 11.7. The van der Waals surface area contributed by atoms with E-state index in [2.05, 4.69) is 36.2 Å². The number of hydrogen-bond donors (Lipinski definition) is 4. The molecule has 0 aliphatic heterocycles. The van der Waals surface area contributed by atoms with Crippen LogP contribution in [0.5, 0.6) is 6.01 Å². The Balaban J connectivity index is 1.19. The van der Waals surface area contributed by atoms with Gasteiger partial charge in [0.25, 0.3) is 11.8 Å². The molecule has 0 saturated heterocycles. The lowest BCUT2D eigenvalue weighted by atomic mass is 10.1. The topological polar surface area (TPSA) is 174 Å². The summed E-state index contributed by atoms with van der Waals surface area (Å²) < 4.78 is 48.5. The van der Waals surface area contributed by atoms with Gasteiger partial charge in [0.1, 0.15) is 6.04 Å². The number of esters is 1. The van der Waals surface area contributed by atoms with Crippen LogP contribution in [-0.4, -0.2) is 71.0 Å². The highest BCUT2D eigenvalue weighted by molar-refractivity contribution is 6.36. The number of anilines is 3. The molecule has 4 aromatic rings. The number of carbonyl (C=O) groups is 4. The Hall–Kier alpha value is -5.77. The maximum absolute atomic E-state index is 13.0. The van der Waals surface area contributed by atoms with E-state index in [-0.39, 0.29) is 36.8 Å². The minimum absolute atomic E-state index is 0.0151. The molecule has 2 amide bonds. The van der Waals surface area contributed by atoms with E-state index in [1.165, 1.54) is 24.3 Å². The second kappa shape index (κ2) is 17.2. The first-order valence-electron chi connectivity index (χ1n) is 16.4. The molecule has 1 atom stereocenters. The van der Waals surface area contributed by atoms with E-state index in [1.807, 2.05) is 42.5 Å². The smallest absolute Gasteiger partial charge is 0.422 e. The van der Waals surface area contributed by atoms with E-state index < -0.39 is 53.9 Å². The largest absolute Gasteiger partial charge is 0.467 e. The zero-order chi connectivity index (χ0) is 38.0. The SMILES string of the molecule is COC(=O)[C@H](CCNC(=O)C(=O)CCc1ccccc1)NC(=O)c1ccc(Nc2nc(NC3(c4ccc(Cl)cc4)CC3)nc(OCC(F)(F)F)n2)cc1. The van der Waals surface area contributed by atoms with E-state index in [4.69, 9.17) is 21.1 Å². The van der Waals surface area contributed by atoms with Crippen LogP contribution in [0.4, 0.5) is 30.8 Å². The second-order valence-corrected chi connectivity index (χ2v) is 12.5. The Labute approximate surface area is 307 Å². The Morgan fingerprint density at radius 3 is 2.23 bits per heavy atom. The molecule has 1 fully saturated rings.